The molecule has 134 valence electrons. The van der Waals surface area contributed by atoms with E-state index in [1.54, 1.807) is 4.90 Å². The van der Waals surface area contributed by atoms with Gasteiger partial charge in [-0.05, 0) is 24.6 Å². The van der Waals surface area contributed by atoms with Crippen LogP contribution in [0.3, 0.4) is 0 Å². The van der Waals surface area contributed by atoms with Gasteiger partial charge in [0.2, 0.25) is 11.6 Å². The summed E-state index contributed by atoms with van der Waals surface area (Å²) in [7, 11) is 0. The lowest BCUT2D eigenvalue weighted by Crippen LogP contribution is -2.32. The van der Waals surface area contributed by atoms with Gasteiger partial charge in [0.25, 0.3) is 5.88 Å². The van der Waals surface area contributed by atoms with Gasteiger partial charge in [-0.1, -0.05) is 12.1 Å². The molecule has 1 unspecified atom stereocenters. The molecule has 2 heterocycles. The number of hydrogen-bond acceptors (Lipinski definition) is 6. The highest BCUT2D eigenvalue weighted by molar-refractivity contribution is 5.79. The monoisotopic (exact) mass is 352 g/mol. The van der Waals surface area contributed by atoms with E-state index in [0.717, 1.165) is 11.3 Å². The quantitative estimate of drug-likeness (QED) is 0.790. The first kappa shape index (κ1) is 17.7. The van der Waals surface area contributed by atoms with Crippen LogP contribution in [0.5, 0.6) is 11.6 Å². The molecule has 7 nitrogen and oxygen atoms in total. The van der Waals surface area contributed by atoms with Gasteiger partial charge in [0.15, 0.2) is 0 Å². The van der Waals surface area contributed by atoms with Gasteiger partial charge in [-0.15, -0.1) is 0 Å². The number of rotatable bonds is 6. The van der Waals surface area contributed by atoms with Crippen LogP contribution >= 0.6 is 0 Å². The Balaban J connectivity index is 1.54. The summed E-state index contributed by atoms with van der Waals surface area (Å²) in [5, 5.41) is 9.04. The number of amides is 1. The van der Waals surface area contributed by atoms with Crippen molar-refractivity contribution in [3.8, 4) is 17.7 Å². The highest BCUT2D eigenvalue weighted by Gasteiger charge is 2.28. The smallest absolute Gasteiger partial charge is 0.251 e. The van der Waals surface area contributed by atoms with Gasteiger partial charge in [0.1, 0.15) is 17.9 Å². The molecule has 1 aromatic carbocycles. The highest BCUT2D eigenvalue weighted by atomic mass is 16.5. The van der Waals surface area contributed by atoms with Crippen LogP contribution in [-0.2, 0) is 11.2 Å². The van der Waals surface area contributed by atoms with Crippen LogP contribution in [0.2, 0.25) is 0 Å². The highest BCUT2D eigenvalue weighted by Crippen LogP contribution is 2.20. The van der Waals surface area contributed by atoms with Crippen molar-refractivity contribution in [2.24, 2.45) is 0 Å². The van der Waals surface area contributed by atoms with Crippen molar-refractivity contribution in [3.63, 3.8) is 0 Å². The minimum absolute atomic E-state index is 0.0555. The fraction of sp³-hybridized carbons (Fsp3) is 0.368. The first-order valence-corrected chi connectivity index (χ1v) is 8.57. The summed E-state index contributed by atoms with van der Waals surface area (Å²) in [4.78, 5) is 22.3. The molecule has 1 amide bonds. The summed E-state index contributed by atoms with van der Waals surface area (Å²) in [5.74, 6) is 1.08. The van der Waals surface area contributed by atoms with Crippen molar-refractivity contribution >= 4 is 5.91 Å². The lowest BCUT2D eigenvalue weighted by molar-refractivity contribution is -0.129. The number of carbonyl (C=O) groups is 1. The molecule has 0 bridgehead atoms. The predicted octanol–water partition coefficient (Wildman–Crippen LogP) is 1.97. The Bertz CT molecular complexity index is 801. The minimum atomic E-state index is -0.178. The topological polar surface area (TPSA) is 88.3 Å². The fourth-order valence-electron chi connectivity index (χ4n) is 2.85. The number of aromatic nitrogens is 2. The molecule has 7 heteroatoms. The molecule has 2 aromatic rings. The second-order valence-electron chi connectivity index (χ2n) is 5.94. The van der Waals surface area contributed by atoms with Crippen LogP contribution in [0.15, 0.2) is 36.7 Å². The molecule has 26 heavy (non-hydrogen) atoms. The van der Waals surface area contributed by atoms with Crippen LogP contribution in [0.4, 0.5) is 0 Å². The molecule has 0 radical (unpaired) electrons. The van der Waals surface area contributed by atoms with E-state index >= 15 is 0 Å². The van der Waals surface area contributed by atoms with Crippen molar-refractivity contribution in [2.45, 2.75) is 25.9 Å². The predicted molar refractivity (Wildman–Crippen MR) is 93.7 cm³/mol. The first-order valence-electron chi connectivity index (χ1n) is 8.57. The average Bonchev–Trinajstić information content (AvgIpc) is 3.13. The van der Waals surface area contributed by atoms with E-state index in [4.69, 9.17) is 14.7 Å². The summed E-state index contributed by atoms with van der Waals surface area (Å²) in [5.41, 5.74) is 1.11. The fourth-order valence-corrected chi connectivity index (χ4v) is 2.85. The van der Waals surface area contributed by atoms with Crippen molar-refractivity contribution in [1.82, 2.24) is 14.9 Å². The molecule has 0 saturated carbocycles. The van der Waals surface area contributed by atoms with Crippen LogP contribution in [0.1, 0.15) is 24.6 Å². The number of carbonyl (C=O) groups excluding carboxylic acids is 1. The Hall–Kier alpha value is -3.14. The third-order valence-electron chi connectivity index (χ3n) is 4.14. The molecule has 1 fully saturated rings. The zero-order valence-corrected chi connectivity index (χ0v) is 14.6. The Kier molecular flexibility index (Phi) is 5.64. The van der Waals surface area contributed by atoms with Gasteiger partial charge < -0.3 is 14.4 Å². The number of benzene rings is 1. The zero-order valence-electron chi connectivity index (χ0n) is 14.6. The van der Waals surface area contributed by atoms with E-state index < -0.39 is 0 Å². The number of ether oxygens (including phenoxy) is 2. The SMILES string of the molecule is CCOc1ccc(CC(=O)N2CCC(Oc3nccnc3C#N)C2)cc1. The van der Waals surface area contributed by atoms with E-state index in [0.29, 0.717) is 32.5 Å². The van der Waals surface area contributed by atoms with Crippen molar-refractivity contribution in [3.05, 3.63) is 47.9 Å². The first-order chi connectivity index (χ1) is 12.7. The van der Waals surface area contributed by atoms with Gasteiger partial charge >= 0.3 is 0 Å². The largest absolute Gasteiger partial charge is 0.494 e. The van der Waals surface area contributed by atoms with Gasteiger partial charge in [0.05, 0.1) is 19.6 Å². The number of nitrogens with zero attached hydrogens (tertiary/aromatic N) is 4. The van der Waals surface area contributed by atoms with Gasteiger partial charge in [0, 0.05) is 25.4 Å². The third kappa shape index (κ3) is 4.28. The van der Waals surface area contributed by atoms with Crippen LogP contribution in [0, 0.1) is 11.3 Å². The molecule has 3 rings (SSSR count). The maximum absolute atomic E-state index is 12.5. The molecular formula is C19H20N4O3. The van der Waals surface area contributed by atoms with E-state index in [2.05, 4.69) is 9.97 Å². The van der Waals surface area contributed by atoms with Crippen LogP contribution in [0.25, 0.3) is 0 Å². The second kappa shape index (κ2) is 8.30. The number of likely N-dealkylation sites (tertiary alicyclic amines) is 1. The Morgan fingerprint density at radius 1 is 1.31 bits per heavy atom. The zero-order chi connectivity index (χ0) is 18.4. The molecule has 1 saturated heterocycles. The maximum Gasteiger partial charge on any atom is 0.251 e. The maximum atomic E-state index is 12.5. The summed E-state index contributed by atoms with van der Waals surface area (Å²) in [6, 6.07) is 9.53. The normalized spacial score (nSPS) is 16.2. The van der Waals surface area contributed by atoms with E-state index in [9.17, 15) is 4.79 Å². The van der Waals surface area contributed by atoms with Crippen molar-refractivity contribution < 1.29 is 14.3 Å². The Morgan fingerprint density at radius 3 is 2.81 bits per heavy atom. The third-order valence-corrected chi connectivity index (χ3v) is 4.14. The minimum Gasteiger partial charge on any atom is -0.494 e. The Morgan fingerprint density at radius 2 is 2.08 bits per heavy atom. The summed E-state index contributed by atoms with van der Waals surface area (Å²) in [6.45, 7) is 3.66. The van der Waals surface area contributed by atoms with E-state index in [-0.39, 0.29) is 23.6 Å². The van der Waals surface area contributed by atoms with Crippen molar-refractivity contribution in [2.75, 3.05) is 19.7 Å². The number of hydrogen-bond donors (Lipinski definition) is 0. The Labute approximate surface area is 152 Å². The molecule has 1 aromatic heterocycles. The van der Waals surface area contributed by atoms with Crippen LogP contribution < -0.4 is 9.47 Å². The summed E-state index contributed by atoms with van der Waals surface area (Å²) in [6.07, 6.45) is 3.81. The molecule has 0 aliphatic carbocycles. The van der Waals surface area contributed by atoms with Gasteiger partial charge in [-0.2, -0.15) is 5.26 Å². The van der Waals surface area contributed by atoms with Gasteiger partial charge in [-0.3, -0.25) is 4.79 Å². The average molecular weight is 352 g/mol. The lowest BCUT2D eigenvalue weighted by atomic mass is 10.1. The second-order valence-corrected chi connectivity index (χ2v) is 5.94. The molecule has 1 atom stereocenters. The molecule has 0 N–H and O–H groups in total. The molecular weight excluding hydrogens is 332 g/mol. The standard InChI is InChI=1S/C19H20N4O3/c1-2-25-15-5-3-14(4-6-15)11-18(24)23-10-7-16(13-23)26-19-17(12-20)21-8-9-22-19/h3-6,8-9,16H,2,7,10-11,13H2,1H3. The van der Waals surface area contributed by atoms with Crippen molar-refractivity contribution in [1.29, 1.82) is 5.26 Å². The molecule has 0 spiro atoms. The summed E-state index contributed by atoms with van der Waals surface area (Å²) >= 11 is 0. The van der Waals surface area contributed by atoms with Crippen LogP contribution in [-0.4, -0.2) is 46.6 Å². The number of nitriles is 1. The summed E-state index contributed by atoms with van der Waals surface area (Å²) < 4.78 is 11.2. The van der Waals surface area contributed by atoms with Gasteiger partial charge in [-0.25, -0.2) is 9.97 Å². The molecule has 1 aliphatic heterocycles. The van der Waals surface area contributed by atoms with E-state index in [1.807, 2.05) is 37.3 Å². The lowest BCUT2D eigenvalue weighted by Gasteiger charge is -2.17. The molecule has 1 aliphatic rings. The van der Waals surface area contributed by atoms with E-state index in [1.165, 1.54) is 12.4 Å².